The molecule has 1 atom stereocenters. The minimum Gasteiger partial charge on any atom is -0.389 e. The Labute approximate surface area is 100 Å². The number of anilines is 1. The Balaban J connectivity index is 2.34. The Bertz CT molecular complexity index is 397. The molecule has 0 saturated carbocycles. The van der Waals surface area contributed by atoms with Crippen LogP contribution in [0.2, 0.25) is 0 Å². The van der Waals surface area contributed by atoms with Crippen LogP contribution in [0.1, 0.15) is 12.5 Å². The number of nitrogens with zero attached hydrogens (tertiary/aromatic N) is 2. The van der Waals surface area contributed by atoms with Crippen molar-refractivity contribution in [2.45, 2.75) is 13.0 Å². The highest BCUT2D eigenvalue weighted by Gasteiger charge is 2.21. The lowest BCUT2D eigenvalue weighted by atomic mass is 10.1. The van der Waals surface area contributed by atoms with Crippen LogP contribution in [0.5, 0.6) is 0 Å². The molecule has 0 bridgehead atoms. The minimum atomic E-state index is 0.325. The first kappa shape index (κ1) is 11.3. The van der Waals surface area contributed by atoms with Gasteiger partial charge in [-0.1, -0.05) is 12.2 Å². The van der Waals surface area contributed by atoms with Gasteiger partial charge in [0.1, 0.15) is 4.99 Å². The molecule has 86 valence electrons. The van der Waals surface area contributed by atoms with Gasteiger partial charge in [-0.05, 0) is 13.0 Å². The summed E-state index contributed by atoms with van der Waals surface area (Å²) in [4.78, 5) is 6.79. The number of pyridine rings is 1. The Hall–Kier alpha value is -1.20. The molecule has 0 radical (unpaired) electrons. The number of hydrogen-bond acceptors (Lipinski definition) is 4. The summed E-state index contributed by atoms with van der Waals surface area (Å²) >= 11 is 5.05. The van der Waals surface area contributed by atoms with Gasteiger partial charge >= 0.3 is 0 Å². The van der Waals surface area contributed by atoms with E-state index in [0.29, 0.717) is 11.0 Å². The predicted octanol–water partition coefficient (Wildman–Crippen LogP) is 0.941. The lowest BCUT2D eigenvalue weighted by Crippen LogP contribution is -2.44. The van der Waals surface area contributed by atoms with Crippen LogP contribution in [0.25, 0.3) is 0 Å². The number of rotatable bonds is 2. The van der Waals surface area contributed by atoms with Crippen LogP contribution >= 0.6 is 12.2 Å². The summed E-state index contributed by atoms with van der Waals surface area (Å²) < 4.78 is 5.41. The summed E-state index contributed by atoms with van der Waals surface area (Å²) in [7, 11) is 0. The van der Waals surface area contributed by atoms with Gasteiger partial charge in [0.05, 0.1) is 25.1 Å². The third-order valence-electron chi connectivity index (χ3n) is 2.74. The lowest BCUT2D eigenvalue weighted by molar-refractivity contribution is 0.0989. The number of nitrogens with two attached hydrogens (primary N) is 1. The zero-order valence-corrected chi connectivity index (χ0v) is 10.0. The van der Waals surface area contributed by atoms with Gasteiger partial charge in [0.2, 0.25) is 0 Å². The molecule has 0 aromatic carbocycles. The molecule has 4 nitrogen and oxygen atoms in total. The number of thiocarbonyl (C=S) groups is 1. The molecular weight excluding hydrogens is 222 g/mol. The third-order valence-corrected chi connectivity index (χ3v) is 2.96. The zero-order chi connectivity index (χ0) is 11.5. The number of morpholine rings is 1. The molecule has 2 heterocycles. The normalized spacial score (nSPS) is 20.8. The summed E-state index contributed by atoms with van der Waals surface area (Å²) in [6.07, 6.45) is 3.53. The number of aromatic nitrogens is 1. The smallest absolute Gasteiger partial charge is 0.106 e. The Kier molecular flexibility index (Phi) is 3.36. The molecule has 5 heteroatoms. The first-order valence-corrected chi connectivity index (χ1v) is 5.69. The SMILES string of the molecule is CC1COCCN1c1cnccc1C(N)=S. The molecule has 1 aliphatic heterocycles. The predicted molar refractivity (Wildman–Crippen MR) is 67.8 cm³/mol. The summed E-state index contributed by atoms with van der Waals surface area (Å²) in [6, 6.07) is 2.19. The van der Waals surface area contributed by atoms with E-state index in [1.807, 2.05) is 12.3 Å². The van der Waals surface area contributed by atoms with E-state index >= 15 is 0 Å². The quantitative estimate of drug-likeness (QED) is 0.776. The van der Waals surface area contributed by atoms with Crippen molar-refractivity contribution >= 4 is 22.9 Å². The highest BCUT2D eigenvalue weighted by atomic mass is 32.1. The molecule has 1 fully saturated rings. The van der Waals surface area contributed by atoms with Crippen LogP contribution in [-0.4, -0.2) is 35.8 Å². The molecule has 1 aliphatic rings. The fourth-order valence-electron chi connectivity index (χ4n) is 1.91. The second-order valence-corrected chi connectivity index (χ2v) is 4.31. The standard InChI is InChI=1S/C11H15N3OS/c1-8-7-15-5-4-14(8)10-6-13-3-2-9(10)11(12)16/h2-3,6,8H,4-5,7H2,1H3,(H2,12,16). The van der Waals surface area contributed by atoms with Gasteiger partial charge in [0.15, 0.2) is 0 Å². The molecule has 0 spiro atoms. The van der Waals surface area contributed by atoms with E-state index in [-0.39, 0.29) is 0 Å². The number of ether oxygens (including phenoxy) is 1. The average Bonchev–Trinajstić information content (AvgIpc) is 2.29. The molecule has 1 saturated heterocycles. The molecule has 1 aromatic heterocycles. The molecule has 0 amide bonds. The monoisotopic (exact) mass is 237 g/mol. The maximum absolute atomic E-state index is 5.71. The molecule has 1 unspecified atom stereocenters. The Morgan fingerprint density at radius 2 is 2.50 bits per heavy atom. The van der Waals surface area contributed by atoms with Crippen LogP contribution < -0.4 is 10.6 Å². The first-order chi connectivity index (χ1) is 7.70. The summed E-state index contributed by atoms with van der Waals surface area (Å²) in [5.74, 6) is 0. The van der Waals surface area contributed by atoms with Crippen LogP contribution in [0.4, 0.5) is 5.69 Å². The van der Waals surface area contributed by atoms with E-state index < -0.39 is 0 Å². The van der Waals surface area contributed by atoms with Crippen LogP contribution in [0.3, 0.4) is 0 Å². The second-order valence-electron chi connectivity index (χ2n) is 3.87. The second kappa shape index (κ2) is 4.76. The van der Waals surface area contributed by atoms with E-state index in [0.717, 1.165) is 31.0 Å². The van der Waals surface area contributed by atoms with Crippen molar-refractivity contribution in [2.75, 3.05) is 24.7 Å². The molecule has 2 N–H and O–H groups in total. The Morgan fingerprint density at radius 3 is 3.19 bits per heavy atom. The maximum atomic E-state index is 5.71. The van der Waals surface area contributed by atoms with Gasteiger partial charge in [-0.2, -0.15) is 0 Å². The summed E-state index contributed by atoms with van der Waals surface area (Å²) in [6.45, 7) is 4.43. The average molecular weight is 237 g/mol. The first-order valence-electron chi connectivity index (χ1n) is 5.28. The van der Waals surface area contributed by atoms with Gasteiger partial charge in [-0.15, -0.1) is 0 Å². The van der Waals surface area contributed by atoms with Crippen LogP contribution in [0.15, 0.2) is 18.5 Å². The molecule has 16 heavy (non-hydrogen) atoms. The van der Waals surface area contributed by atoms with Gasteiger partial charge < -0.3 is 15.4 Å². The van der Waals surface area contributed by atoms with Crippen LogP contribution in [0, 0.1) is 0 Å². The van der Waals surface area contributed by atoms with Crippen molar-refractivity contribution in [3.63, 3.8) is 0 Å². The maximum Gasteiger partial charge on any atom is 0.106 e. The molecule has 0 aliphatic carbocycles. The molecule has 2 rings (SSSR count). The van der Waals surface area contributed by atoms with Crippen molar-refractivity contribution < 1.29 is 4.74 Å². The van der Waals surface area contributed by atoms with Gasteiger partial charge in [-0.3, -0.25) is 4.98 Å². The van der Waals surface area contributed by atoms with E-state index in [2.05, 4.69) is 16.8 Å². The largest absolute Gasteiger partial charge is 0.389 e. The third kappa shape index (κ3) is 2.15. The Morgan fingerprint density at radius 1 is 1.69 bits per heavy atom. The van der Waals surface area contributed by atoms with Gasteiger partial charge in [0.25, 0.3) is 0 Å². The summed E-state index contributed by atoms with van der Waals surface area (Å²) in [5.41, 5.74) is 7.61. The van der Waals surface area contributed by atoms with Crippen molar-refractivity contribution in [1.82, 2.24) is 4.98 Å². The van der Waals surface area contributed by atoms with Crippen LogP contribution in [-0.2, 0) is 4.74 Å². The topological polar surface area (TPSA) is 51.4 Å². The van der Waals surface area contributed by atoms with Crippen molar-refractivity contribution in [3.8, 4) is 0 Å². The minimum absolute atomic E-state index is 0.325. The van der Waals surface area contributed by atoms with Crippen molar-refractivity contribution in [2.24, 2.45) is 5.73 Å². The van der Waals surface area contributed by atoms with Gasteiger partial charge in [-0.25, -0.2) is 0 Å². The van der Waals surface area contributed by atoms with Crippen molar-refractivity contribution in [1.29, 1.82) is 0 Å². The zero-order valence-electron chi connectivity index (χ0n) is 9.22. The van der Waals surface area contributed by atoms with E-state index in [9.17, 15) is 0 Å². The summed E-state index contributed by atoms with van der Waals surface area (Å²) in [5, 5.41) is 0. The number of hydrogen-bond donors (Lipinski definition) is 1. The molecule has 1 aromatic rings. The highest BCUT2D eigenvalue weighted by Crippen LogP contribution is 2.23. The highest BCUT2D eigenvalue weighted by molar-refractivity contribution is 7.80. The lowest BCUT2D eigenvalue weighted by Gasteiger charge is -2.36. The van der Waals surface area contributed by atoms with Crippen molar-refractivity contribution in [3.05, 3.63) is 24.0 Å². The fraction of sp³-hybridized carbons (Fsp3) is 0.455. The van der Waals surface area contributed by atoms with Gasteiger partial charge in [0, 0.05) is 24.3 Å². The molecular formula is C11H15N3OS. The van der Waals surface area contributed by atoms with E-state index in [1.165, 1.54) is 0 Å². The van der Waals surface area contributed by atoms with E-state index in [1.54, 1.807) is 6.20 Å². The fourth-order valence-corrected chi connectivity index (χ4v) is 2.08. The van der Waals surface area contributed by atoms with E-state index in [4.69, 9.17) is 22.7 Å².